The lowest BCUT2D eigenvalue weighted by molar-refractivity contribution is 0.0997. The zero-order valence-corrected chi connectivity index (χ0v) is 22.0. The predicted octanol–water partition coefficient (Wildman–Crippen LogP) is 4.95. The lowest BCUT2D eigenvalue weighted by Crippen LogP contribution is -2.40. The fourth-order valence-corrected chi connectivity index (χ4v) is 6.22. The second-order valence-electron chi connectivity index (χ2n) is 10.3. The number of aromatic nitrogens is 2. The third kappa shape index (κ3) is 4.93. The van der Waals surface area contributed by atoms with Crippen LogP contribution in [0.4, 0.5) is 5.82 Å². The van der Waals surface area contributed by atoms with Gasteiger partial charge in [0.15, 0.2) is 5.03 Å². The molecular formula is C27H32N4O4S. The molecule has 190 valence electrons. The normalized spacial score (nSPS) is 17.4. The molecule has 2 N–H and O–H groups in total. The molecule has 3 aromatic rings. The quantitative estimate of drug-likeness (QED) is 0.480. The number of carbonyl (C=O) groups excluding carboxylic acids is 1. The second kappa shape index (κ2) is 9.54. The van der Waals surface area contributed by atoms with Crippen molar-refractivity contribution in [3.05, 3.63) is 65.9 Å². The molecule has 9 heteroatoms. The van der Waals surface area contributed by atoms with Crippen molar-refractivity contribution in [3.8, 4) is 11.6 Å². The molecular weight excluding hydrogens is 476 g/mol. The Bertz CT molecular complexity index is 1400. The monoisotopic (exact) mass is 508 g/mol. The number of pyridine rings is 2. The summed E-state index contributed by atoms with van der Waals surface area (Å²) in [5.74, 6) is 0.761. The average molecular weight is 509 g/mol. The third-order valence-electron chi connectivity index (χ3n) is 6.48. The molecule has 0 bridgehead atoms. The summed E-state index contributed by atoms with van der Waals surface area (Å²) < 4.78 is 33.3. The Balaban J connectivity index is 1.75. The molecule has 0 spiro atoms. The van der Waals surface area contributed by atoms with E-state index < -0.39 is 15.7 Å². The largest absolute Gasteiger partial charge is 0.439 e. The van der Waals surface area contributed by atoms with Crippen LogP contribution in [0.15, 0.2) is 64.6 Å². The summed E-state index contributed by atoms with van der Waals surface area (Å²) >= 11 is 0. The van der Waals surface area contributed by atoms with Crippen LogP contribution >= 0.6 is 0 Å². The van der Waals surface area contributed by atoms with Gasteiger partial charge in [-0.05, 0) is 61.9 Å². The Morgan fingerprint density at radius 1 is 1.17 bits per heavy atom. The maximum Gasteiger partial charge on any atom is 0.253 e. The maximum atomic E-state index is 13.7. The molecule has 0 radical (unpaired) electrons. The first-order valence-electron chi connectivity index (χ1n) is 12.0. The average Bonchev–Trinajstić information content (AvgIpc) is 3.10. The number of rotatable bonds is 7. The maximum absolute atomic E-state index is 13.7. The predicted molar refractivity (Wildman–Crippen MR) is 138 cm³/mol. The molecule has 0 aliphatic carbocycles. The second-order valence-corrected chi connectivity index (χ2v) is 12.1. The summed E-state index contributed by atoms with van der Waals surface area (Å²) in [6.45, 7) is 11.0. The van der Waals surface area contributed by atoms with Gasteiger partial charge in [0.25, 0.3) is 5.91 Å². The molecule has 1 aliphatic rings. The van der Waals surface area contributed by atoms with Gasteiger partial charge in [0.1, 0.15) is 17.1 Å². The van der Waals surface area contributed by atoms with E-state index in [-0.39, 0.29) is 32.7 Å². The SMILES string of the molecule is CC1CN(c2nccc(S(=O)(=O)c3cccc(Oc4cccc(C(C)C)c4)n3)c2C(N)=O)C(C)(C)C1. The first-order chi connectivity index (χ1) is 16.9. The lowest BCUT2D eigenvalue weighted by Gasteiger charge is -2.33. The standard InChI is InChI=1S/C27H32N4O4S/c1-17(2)19-8-6-9-20(14-19)35-22-10-7-11-23(30-22)36(33,34)21-12-13-29-26(24(21)25(28)32)31-16-18(3)15-27(31,4)5/h6-14,17-18H,15-16H2,1-5H3,(H2,28,32). The van der Waals surface area contributed by atoms with Crippen LogP contribution in [0.25, 0.3) is 0 Å². The van der Waals surface area contributed by atoms with Crippen molar-refractivity contribution in [1.29, 1.82) is 0 Å². The Labute approximate surface area is 212 Å². The number of primary amides is 1. The minimum Gasteiger partial charge on any atom is -0.439 e. The molecule has 8 nitrogen and oxygen atoms in total. The number of nitrogens with two attached hydrogens (primary N) is 1. The number of sulfone groups is 1. The number of nitrogens with zero attached hydrogens (tertiary/aromatic N) is 3. The molecule has 0 saturated carbocycles. The molecule has 36 heavy (non-hydrogen) atoms. The number of carbonyl (C=O) groups is 1. The molecule has 1 fully saturated rings. The van der Waals surface area contributed by atoms with Gasteiger partial charge in [-0.25, -0.2) is 18.4 Å². The van der Waals surface area contributed by atoms with E-state index in [2.05, 4.69) is 30.7 Å². The van der Waals surface area contributed by atoms with Crippen molar-refractivity contribution >= 4 is 21.6 Å². The van der Waals surface area contributed by atoms with E-state index in [0.717, 1.165) is 12.0 Å². The van der Waals surface area contributed by atoms with E-state index in [1.165, 1.54) is 18.3 Å². The van der Waals surface area contributed by atoms with Gasteiger partial charge in [-0.15, -0.1) is 0 Å². The van der Waals surface area contributed by atoms with Gasteiger partial charge < -0.3 is 15.4 Å². The highest BCUT2D eigenvalue weighted by Crippen LogP contribution is 2.39. The molecule has 2 aromatic heterocycles. The van der Waals surface area contributed by atoms with Gasteiger partial charge in [-0.3, -0.25) is 4.79 Å². The summed E-state index contributed by atoms with van der Waals surface area (Å²) in [5, 5.41) is -0.242. The van der Waals surface area contributed by atoms with Crippen LogP contribution in [0.2, 0.25) is 0 Å². The number of hydrogen-bond acceptors (Lipinski definition) is 7. The summed E-state index contributed by atoms with van der Waals surface area (Å²) in [5.41, 5.74) is 6.39. The van der Waals surface area contributed by atoms with Crippen LogP contribution in [-0.2, 0) is 9.84 Å². The van der Waals surface area contributed by atoms with Gasteiger partial charge in [-0.2, -0.15) is 0 Å². The smallest absolute Gasteiger partial charge is 0.253 e. The molecule has 1 aliphatic heterocycles. The summed E-state index contributed by atoms with van der Waals surface area (Å²) in [7, 11) is -4.21. The van der Waals surface area contributed by atoms with E-state index >= 15 is 0 Å². The minimum atomic E-state index is -4.21. The number of benzene rings is 1. The third-order valence-corrected chi connectivity index (χ3v) is 8.18. The Morgan fingerprint density at radius 3 is 2.53 bits per heavy atom. The zero-order valence-electron chi connectivity index (χ0n) is 21.2. The van der Waals surface area contributed by atoms with Crippen molar-refractivity contribution in [2.24, 2.45) is 11.7 Å². The van der Waals surface area contributed by atoms with Crippen LogP contribution in [0, 0.1) is 5.92 Å². The van der Waals surface area contributed by atoms with E-state index in [9.17, 15) is 13.2 Å². The highest BCUT2D eigenvalue weighted by Gasteiger charge is 2.40. The highest BCUT2D eigenvalue weighted by atomic mass is 32.2. The van der Waals surface area contributed by atoms with Crippen molar-refractivity contribution in [3.63, 3.8) is 0 Å². The van der Waals surface area contributed by atoms with Gasteiger partial charge >= 0.3 is 0 Å². The molecule has 1 atom stereocenters. The van der Waals surface area contributed by atoms with Crippen molar-refractivity contribution in [1.82, 2.24) is 9.97 Å². The van der Waals surface area contributed by atoms with E-state index in [1.54, 1.807) is 18.2 Å². The fraction of sp³-hybridized carbons (Fsp3) is 0.370. The number of ether oxygens (including phenoxy) is 1. The number of amides is 1. The molecule has 3 heterocycles. The van der Waals surface area contributed by atoms with Gasteiger partial charge in [-0.1, -0.05) is 39.0 Å². The summed E-state index contributed by atoms with van der Waals surface area (Å²) in [4.78, 5) is 23.0. The Kier molecular flexibility index (Phi) is 6.79. The van der Waals surface area contributed by atoms with Crippen molar-refractivity contribution in [2.45, 2.75) is 62.4 Å². The van der Waals surface area contributed by atoms with Gasteiger partial charge in [0, 0.05) is 24.3 Å². The zero-order chi connectivity index (χ0) is 26.3. The lowest BCUT2D eigenvalue weighted by atomic mass is 9.97. The highest BCUT2D eigenvalue weighted by molar-refractivity contribution is 7.91. The first-order valence-corrected chi connectivity index (χ1v) is 13.4. The summed E-state index contributed by atoms with van der Waals surface area (Å²) in [6.07, 6.45) is 2.27. The van der Waals surface area contributed by atoms with Crippen LogP contribution < -0.4 is 15.4 Å². The number of hydrogen-bond donors (Lipinski definition) is 1. The van der Waals surface area contributed by atoms with Crippen molar-refractivity contribution in [2.75, 3.05) is 11.4 Å². The van der Waals surface area contributed by atoms with Crippen LogP contribution in [0.1, 0.15) is 62.9 Å². The van der Waals surface area contributed by atoms with E-state index in [0.29, 0.717) is 24.1 Å². The van der Waals surface area contributed by atoms with Crippen LogP contribution in [-0.4, -0.2) is 36.4 Å². The molecule has 1 aromatic carbocycles. The first kappa shape index (κ1) is 25.6. The Morgan fingerprint density at radius 2 is 1.89 bits per heavy atom. The van der Waals surface area contributed by atoms with Crippen LogP contribution in [0.5, 0.6) is 11.6 Å². The molecule has 4 rings (SSSR count). The molecule has 1 saturated heterocycles. The fourth-order valence-electron chi connectivity index (χ4n) is 4.83. The molecule has 1 unspecified atom stereocenters. The minimum absolute atomic E-state index is 0.126. The van der Waals surface area contributed by atoms with E-state index in [4.69, 9.17) is 10.5 Å². The van der Waals surface area contributed by atoms with Crippen molar-refractivity contribution < 1.29 is 17.9 Å². The summed E-state index contributed by atoms with van der Waals surface area (Å²) in [6, 6.07) is 13.4. The topological polar surface area (TPSA) is 115 Å². The molecule has 1 amide bonds. The van der Waals surface area contributed by atoms with Crippen LogP contribution in [0.3, 0.4) is 0 Å². The van der Waals surface area contributed by atoms with E-state index in [1.807, 2.05) is 36.9 Å². The number of anilines is 1. The van der Waals surface area contributed by atoms with Gasteiger partial charge in [0.05, 0.1) is 4.90 Å². The van der Waals surface area contributed by atoms with Gasteiger partial charge in [0.2, 0.25) is 15.7 Å². The Hall–Kier alpha value is -3.46.